The van der Waals surface area contributed by atoms with Gasteiger partial charge in [0.1, 0.15) is 11.8 Å². The van der Waals surface area contributed by atoms with Gasteiger partial charge in [0, 0.05) is 19.0 Å². The molecule has 33 heavy (non-hydrogen) atoms. The highest BCUT2D eigenvalue weighted by Gasteiger charge is 2.28. The van der Waals surface area contributed by atoms with Crippen molar-refractivity contribution >= 4 is 11.8 Å². The van der Waals surface area contributed by atoms with Crippen LogP contribution in [0, 0.1) is 0 Å². The first-order chi connectivity index (χ1) is 15.8. The number of benzene rings is 2. The van der Waals surface area contributed by atoms with Crippen molar-refractivity contribution in [3.8, 4) is 17.2 Å². The van der Waals surface area contributed by atoms with Crippen LogP contribution in [0.3, 0.4) is 0 Å². The van der Waals surface area contributed by atoms with Crippen LogP contribution in [0.2, 0.25) is 0 Å². The van der Waals surface area contributed by atoms with Gasteiger partial charge >= 0.3 is 0 Å². The highest BCUT2D eigenvalue weighted by Crippen LogP contribution is 2.28. The molecule has 7 heteroatoms. The maximum atomic E-state index is 13.4. The minimum absolute atomic E-state index is 0.00347. The molecule has 0 fully saturated rings. The van der Waals surface area contributed by atoms with Crippen LogP contribution in [0.4, 0.5) is 0 Å². The SMILES string of the molecule is CCC(C(=O)NC(C)C)N(Cc1ccc(OC)cc1)C(=O)CCc1ccc(OC)c(OC)c1. The Morgan fingerprint density at radius 3 is 2.09 bits per heavy atom. The summed E-state index contributed by atoms with van der Waals surface area (Å²) in [5.41, 5.74) is 1.90. The number of nitrogens with zero attached hydrogens (tertiary/aromatic N) is 1. The van der Waals surface area contributed by atoms with Gasteiger partial charge in [0.05, 0.1) is 21.3 Å². The molecule has 1 atom stereocenters. The monoisotopic (exact) mass is 456 g/mol. The number of amides is 2. The van der Waals surface area contributed by atoms with E-state index >= 15 is 0 Å². The molecule has 2 rings (SSSR count). The number of hydrogen-bond donors (Lipinski definition) is 1. The number of rotatable bonds is 12. The van der Waals surface area contributed by atoms with E-state index < -0.39 is 6.04 Å². The Balaban J connectivity index is 2.23. The smallest absolute Gasteiger partial charge is 0.243 e. The van der Waals surface area contributed by atoms with Gasteiger partial charge in [0.2, 0.25) is 11.8 Å². The van der Waals surface area contributed by atoms with Crippen LogP contribution in [0.1, 0.15) is 44.7 Å². The Bertz CT molecular complexity index is 911. The van der Waals surface area contributed by atoms with E-state index in [-0.39, 0.29) is 24.3 Å². The Kier molecular flexibility index (Phi) is 10.0. The molecule has 0 radical (unpaired) electrons. The summed E-state index contributed by atoms with van der Waals surface area (Å²) in [7, 11) is 4.79. The average molecular weight is 457 g/mol. The molecule has 0 aliphatic rings. The Labute approximate surface area is 197 Å². The summed E-state index contributed by atoms with van der Waals surface area (Å²) in [4.78, 5) is 28.0. The highest BCUT2D eigenvalue weighted by atomic mass is 16.5. The van der Waals surface area contributed by atoms with Gasteiger partial charge in [-0.2, -0.15) is 0 Å². The van der Waals surface area contributed by atoms with E-state index in [1.54, 1.807) is 26.2 Å². The van der Waals surface area contributed by atoms with Gasteiger partial charge in [0.25, 0.3) is 0 Å². The fraction of sp³-hybridized carbons (Fsp3) is 0.462. The number of methoxy groups -OCH3 is 3. The van der Waals surface area contributed by atoms with Crippen LogP contribution >= 0.6 is 0 Å². The maximum Gasteiger partial charge on any atom is 0.243 e. The third-order valence-corrected chi connectivity index (χ3v) is 5.40. The van der Waals surface area contributed by atoms with Crippen molar-refractivity contribution in [3.63, 3.8) is 0 Å². The lowest BCUT2D eigenvalue weighted by molar-refractivity contribution is -0.141. The second kappa shape index (κ2) is 12.7. The van der Waals surface area contributed by atoms with E-state index in [9.17, 15) is 9.59 Å². The zero-order valence-electron chi connectivity index (χ0n) is 20.5. The number of ether oxygens (including phenoxy) is 3. The molecule has 1 unspecified atom stereocenters. The largest absolute Gasteiger partial charge is 0.497 e. The molecule has 2 aromatic rings. The highest BCUT2D eigenvalue weighted by molar-refractivity contribution is 5.87. The second-order valence-corrected chi connectivity index (χ2v) is 8.15. The maximum absolute atomic E-state index is 13.4. The lowest BCUT2D eigenvalue weighted by Crippen LogP contribution is -2.50. The van der Waals surface area contributed by atoms with Gasteiger partial charge in [-0.05, 0) is 62.1 Å². The summed E-state index contributed by atoms with van der Waals surface area (Å²) >= 11 is 0. The first kappa shape index (κ1) is 26.0. The summed E-state index contributed by atoms with van der Waals surface area (Å²) < 4.78 is 15.9. The Morgan fingerprint density at radius 1 is 0.909 bits per heavy atom. The average Bonchev–Trinajstić information content (AvgIpc) is 2.82. The van der Waals surface area contributed by atoms with E-state index in [1.165, 1.54) is 0 Å². The van der Waals surface area contributed by atoms with E-state index in [0.717, 1.165) is 16.9 Å². The van der Waals surface area contributed by atoms with Gasteiger partial charge in [-0.1, -0.05) is 25.1 Å². The fourth-order valence-electron chi connectivity index (χ4n) is 3.66. The Hall–Kier alpha value is -3.22. The third kappa shape index (κ3) is 7.41. The minimum atomic E-state index is -0.549. The van der Waals surface area contributed by atoms with E-state index in [2.05, 4.69) is 5.32 Å². The topological polar surface area (TPSA) is 77.1 Å². The van der Waals surface area contributed by atoms with Gasteiger partial charge in [-0.3, -0.25) is 9.59 Å². The van der Waals surface area contributed by atoms with Crippen LogP contribution in [-0.2, 0) is 22.6 Å². The van der Waals surface area contributed by atoms with Crippen molar-refractivity contribution in [2.45, 2.75) is 58.7 Å². The predicted octanol–water partition coefficient (Wildman–Crippen LogP) is 3.98. The normalized spacial score (nSPS) is 11.6. The Morgan fingerprint density at radius 2 is 1.55 bits per heavy atom. The van der Waals surface area contributed by atoms with E-state index in [1.807, 2.05) is 63.2 Å². The van der Waals surface area contributed by atoms with Gasteiger partial charge in [-0.25, -0.2) is 0 Å². The first-order valence-corrected chi connectivity index (χ1v) is 11.3. The zero-order chi connectivity index (χ0) is 24.4. The molecule has 0 spiro atoms. The molecule has 0 saturated carbocycles. The van der Waals surface area contributed by atoms with Gasteiger partial charge < -0.3 is 24.4 Å². The number of aryl methyl sites for hydroxylation is 1. The van der Waals surface area contributed by atoms with Crippen LogP contribution in [0.5, 0.6) is 17.2 Å². The molecule has 7 nitrogen and oxygen atoms in total. The summed E-state index contributed by atoms with van der Waals surface area (Å²) in [5.74, 6) is 1.80. The molecule has 0 heterocycles. The number of nitrogens with one attached hydrogen (secondary N) is 1. The predicted molar refractivity (Wildman–Crippen MR) is 129 cm³/mol. The molecule has 1 N–H and O–H groups in total. The molecule has 2 amide bonds. The number of carbonyl (C=O) groups is 2. The molecule has 0 bridgehead atoms. The molecule has 0 aliphatic carbocycles. The minimum Gasteiger partial charge on any atom is -0.497 e. The molecular formula is C26H36N2O5. The molecule has 0 saturated heterocycles. The summed E-state index contributed by atoms with van der Waals surface area (Å²) in [6.07, 6.45) is 1.33. The first-order valence-electron chi connectivity index (χ1n) is 11.3. The molecule has 0 aliphatic heterocycles. The van der Waals surface area contributed by atoms with Crippen LogP contribution in [-0.4, -0.2) is 50.1 Å². The van der Waals surface area contributed by atoms with Crippen molar-refractivity contribution in [1.82, 2.24) is 10.2 Å². The van der Waals surface area contributed by atoms with Crippen molar-refractivity contribution in [1.29, 1.82) is 0 Å². The van der Waals surface area contributed by atoms with Gasteiger partial charge in [-0.15, -0.1) is 0 Å². The van der Waals surface area contributed by atoms with E-state index in [4.69, 9.17) is 14.2 Å². The summed E-state index contributed by atoms with van der Waals surface area (Å²) in [6.45, 7) is 6.10. The quantitative estimate of drug-likeness (QED) is 0.523. The van der Waals surface area contributed by atoms with Crippen LogP contribution < -0.4 is 19.5 Å². The standard InChI is InChI=1S/C26H36N2O5/c1-7-22(26(30)27-18(2)3)28(17-20-8-12-21(31-4)13-9-20)25(29)15-11-19-10-14-23(32-5)24(16-19)33-6/h8-10,12-14,16,18,22H,7,11,15,17H2,1-6H3,(H,27,30). The lowest BCUT2D eigenvalue weighted by atomic mass is 10.1. The van der Waals surface area contributed by atoms with Crippen molar-refractivity contribution in [3.05, 3.63) is 53.6 Å². The van der Waals surface area contributed by atoms with Crippen LogP contribution in [0.25, 0.3) is 0 Å². The van der Waals surface area contributed by atoms with Crippen molar-refractivity contribution in [2.75, 3.05) is 21.3 Å². The van der Waals surface area contributed by atoms with Crippen LogP contribution in [0.15, 0.2) is 42.5 Å². The third-order valence-electron chi connectivity index (χ3n) is 5.40. The summed E-state index contributed by atoms with van der Waals surface area (Å²) in [6, 6.07) is 12.6. The van der Waals surface area contributed by atoms with E-state index in [0.29, 0.717) is 30.9 Å². The molecule has 0 aromatic heterocycles. The molecule has 180 valence electrons. The number of hydrogen-bond acceptors (Lipinski definition) is 5. The number of carbonyl (C=O) groups excluding carboxylic acids is 2. The van der Waals surface area contributed by atoms with Gasteiger partial charge in [0.15, 0.2) is 11.5 Å². The second-order valence-electron chi connectivity index (χ2n) is 8.15. The lowest BCUT2D eigenvalue weighted by Gasteiger charge is -2.31. The fourth-order valence-corrected chi connectivity index (χ4v) is 3.66. The van der Waals surface area contributed by atoms with Crippen molar-refractivity contribution < 1.29 is 23.8 Å². The molecule has 2 aromatic carbocycles. The van der Waals surface area contributed by atoms with Crippen molar-refractivity contribution in [2.24, 2.45) is 0 Å². The molecular weight excluding hydrogens is 420 g/mol. The zero-order valence-corrected chi connectivity index (χ0v) is 20.5. The summed E-state index contributed by atoms with van der Waals surface area (Å²) in [5, 5.41) is 2.95.